The fourth-order valence-corrected chi connectivity index (χ4v) is 3.15. The zero-order valence-electron chi connectivity index (χ0n) is 9.29. The Morgan fingerprint density at radius 3 is 2.86 bits per heavy atom. The molecule has 2 rings (SSSR count). The number of hydrogen-bond acceptors (Lipinski definition) is 2. The number of nitrogens with zero attached hydrogens (tertiary/aromatic N) is 1. The zero-order chi connectivity index (χ0) is 10.3. The SMILES string of the molecule is C[C@H]1C[C@H]2NC(=O)C[C@H]2[C@@H]1CN(C)C. The van der Waals surface area contributed by atoms with Gasteiger partial charge >= 0.3 is 0 Å². The molecule has 80 valence electrons. The van der Waals surface area contributed by atoms with Gasteiger partial charge in [-0.25, -0.2) is 0 Å². The van der Waals surface area contributed by atoms with Crippen LogP contribution in [-0.4, -0.2) is 37.5 Å². The number of nitrogens with one attached hydrogen (secondary N) is 1. The minimum Gasteiger partial charge on any atom is -0.353 e. The lowest BCUT2D eigenvalue weighted by Crippen LogP contribution is -2.29. The number of fused-ring (bicyclic) bond motifs is 1. The largest absolute Gasteiger partial charge is 0.353 e. The van der Waals surface area contributed by atoms with Gasteiger partial charge in [0, 0.05) is 19.0 Å². The third-order valence-electron chi connectivity index (χ3n) is 3.77. The van der Waals surface area contributed by atoms with E-state index >= 15 is 0 Å². The molecule has 0 spiro atoms. The third-order valence-corrected chi connectivity index (χ3v) is 3.77. The Balaban J connectivity index is 2.04. The zero-order valence-corrected chi connectivity index (χ0v) is 9.29. The standard InChI is InChI=1S/C11H20N2O/c1-7-4-10-8(5-11(14)12-10)9(7)6-13(2)3/h7-10H,4-6H2,1-3H3,(H,12,14)/t7-,8-,9+,10+/m0/s1. The molecule has 1 heterocycles. The Kier molecular flexibility index (Phi) is 2.52. The molecule has 0 aromatic rings. The number of rotatable bonds is 2. The molecule has 1 saturated heterocycles. The highest BCUT2D eigenvalue weighted by molar-refractivity contribution is 5.79. The Labute approximate surface area is 85.8 Å². The van der Waals surface area contributed by atoms with Gasteiger partial charge in [-0.15, -0.1) is 0 Å². The summed E-state index contributed by atoms with van der Waals surface area (Å²) < 4.78 is 0. The van der Waals surface area contributed by atoms with Gasteiger partial charge in [0.05, 0.1) is 0 Å². The number of hydrogen-bond donors (Lipinski definition) is 1. The second-order valence-electron chi connectivity index (χ2n) is 5.18. The van der Waals surface area contributed by atoms with Crippen LogP contribution in [0.15, 0.2) is 0 Å². The second-order valence-corrected chi connectivity index (χ2v) is 5.18. The van der Waals surface area contributed by atoms with E-state index in [-0.39, 0.29) is 5.91 Å². The molecule has 0 unspecified atom stereocenters. The van der Waals surface area contributed by atoms with Crippen LogP contribution in [0, 0.1) is 17.8 Å². The van der Waals surface area contributed by atoms with Crippen LogP contribution in [0.3, 0.4) is 0 Å². The fraction of sp³-hybridized carbons (Fsp3) is 0.909. The maximum atomic E-state index is 11.3. The predicted molar refractivity (Wildman–Crippen MR) is 55.9 cm³/mol. The Morgan fingerprint density at radius 1 is 1.50 bits per heavy atom. The predicted octanol–water partition coefficient (Wildman–Crippen LogP) is 0.709. The van der Waals surface area contributed by atoms with E-state index in [0.717, 1.165) is 18.9 Å². The van der Waals surface area contributed by atoms with E-state index < -0.39 is 0 Å². The summed E-state index contributed by atoms with van der Waals surface area (Å²) in [5.74, 6) is 2.32. The molecular weight excluding hydrogens is 176 g/mol. The highest BCUT2D eigenvalue weighted by Gasteiger charge is 2.46. The van der Waals surface area contributed by atoms with Gasteiger partial charge in [-0.2, -0.15) is 0 Å². The quantitative estimate of drug-likeness (QED) is 0.705. The van der Waals surface area contributed by atoms with E-state index in [1.165, 1.54) is 6.42 Å². The summed E-state index contributed by atoms with van der Waals surface area (Å²) in [6.07, 6.45) is 1.93. The summed E-state index contributed by atoms with van der Waals surface area (Å²) in [7, 11) is 4.23. The molecule has 1 aliphatic heterocycles. The minimum atomic E-state index is 0.260. The van der Waals surface area contributed by atoms with Crippen LogP contribution in [0.25, 0.3) is 0 Å². The van der Waals surface area contributed by atoms with Crippen molar-refractivity contribution in [1.29, 1.82) is 0 Å². The highest BCUT2D eigenvalue weighted by atomic mass is 16.2. The van der Waals surface area contributed by atoms with Crippen molar-refractivity contribution < 1.29 is 4.79 Å². The Hall–Kier alpha value is -0.570. The molecule has 1 saturated carbocycles. The van der Waals surface area contributed by atoms with Crippen LogP contribution in [-0.2, 0) is 4.79 Å². The van der Waals surface area contributed by atoms with Crippen LogP contribution < -0.4 is 5.32 Å². The number of amides is 1. The van der Waals surface area contributed by atoms with Gasteiger partial charge in [0.25, 0.3) is 0 Å². The Morgan fingerprint density at radius 2 is 2.21 bits per heavy atom. The van der Waals surface area contributed by atoms with Gasteiger partial charge in [-0.1, -0.05) is 6.92 Å². The van der Waals surface area contributed by atoms with Crippen molar-refractivity contribution in [3.63, 3.8) is 0 Å². The van der Waals surface area contributed by atoms with Crippen molar-refractivity contribution in [3.05, 3.63) is 0 Å². The second kappa shape index (κ2) is 3.54. The molecule has 3 heteroatoms. The van der Waals surface area contributed by atoms with Crippen molar-refractivity contribution in [2.75, 3.05) is 20.6 Å². The van der Waals surface area contributed by atoms with E-state index in [1.807, 2.05) is 0 Å². The summed E-state index contributed by atoms with van der Waals surface area (Å²) in [6, 6.07) is 0.474. The van der Waals surface area contributed by atoms with Crippen molar-refractivity contribution in [1.82, 2.24) is 10.2 Å². The molecule has 0 aromatic carbocycles. The van der Waals surface area contributed by atoms with E-state index in [4.69, 9.17) is 0 Å². The molecule has 0 aromatic heterocycles. The average molecular weight is 196 g/mol. The van der Waals surface area contributed by atoms with Crippen LogP contribution in [0.5, 0.6) is 0 Å². The van der Waals surface area contributed by atoms with Crippen molar-refractivity contribution in [2.24, 2.45) is 17.8 Å². The molecule has 3 nitrogen and oxygen atoms in total. The maximum absolute atomic E-state index is 11.3. The first-order valence-electron chi connectivity index (χ1n) is 5.52. The van der Waals surface area contributed by atoms with Gasteiger partial charge in [0.1, 0.15) is 0 Å². The van der Waals surface area contributed by atoms with Crippen molar-refractivity contribution in [3.8, 4) is 0 Å². The highest BCUT2D eigenvalue weighted by Crippen LogP contribution is 2.42. The topological polar surface area (TPSA) is 32.3 Å². The molecule has 14 heavy (non-hydrogen) atoms. The summed E-state index contributed by atoms with van der Waals surface area (Å²) in [4.78, 5) is 13.5. The van der Waals surface area contributed by atoms with Gasteiger partial charge in [-0.05, 0) is 38.3 Å². The van der Waals surface area contributed by atoms with E-state index in [0.29, 0.717) is 17.9 Å². The summed E-state index contributed by atoms with van der Waals surface area (Å²) >= 11 is 0. The first-order valence-corrected chi connectivity index (χ1v) is 5.52. The molecule has 2 fully saturated rings. The average Bonchev–Trinajstić information content (AvgIpc) is 2.51. The molecule has 0 radical (unpaired) electrons. The fourth-order valence-electron chi connectivity index (χ4n) is 3.15. The lowest BCUT2D eigenvalue weighted by atomic mass is 9.88. The maximum Gasteiger partial charge on any atom is 0.220 e. The van der Waals surface area contributed by atoms with Gasteiger partial charge < -0.3 is 10.2 Å². The van der Waals surface area contributed by atoms with Crippen LogP contribution in [0.1, 0.15) is 19.8 Å². The summed E-state index contributed by atoms with van der Waals surface area (Å²) in [6.45, 7) is 3.44. The normalized spacial score (nSPS) is 41.6. The van der Waals surface area contributed by atoms with Gasteiger partial charge in [0.2, 0.25) is 5.91 Å². The Bertz CT molecular complexity index is 239. The number of carbonyl (C=O) groups excluding carboxylic acids is 1. The van der Waals surface area contributed by atoms with Gasteiger partial charge in [-0.3, -0.25) is 4.79 Å². The smallest absolute Gasteiger partial charge is 0.220 e. The minimum absolute atomic E-state index is 0.260. The van der Waals surface area contributed by atoms with Crippen LogP contribution >= 0.6 is 0 Å². The molecule has 1 aliphatic carbocycles. The van der Waals surface area contributed by atoms with E-state index in [1.54, 1.807) is 0 Å². The van der Waals surface area contributed by atoms with E-state index in [2.05, 4.69) is 31.2 Å². The summed E-state index contributed by atoms with van der Waals surface area (Å²) in [5.41, 5.74) is 0. The third kappa shape index (κ3) is 1.65. The monoisotopic (exact) mass is 196 g/mol. The molecule has 2 aliphatic rings. The molecular formula is C11H20N2O. The van der Waals surface area contributed by atoms with Crippen LogP contribution in [0.2, 0.25) is 0 Å². The molecule has 1 amide bonds. The first kappa shape index (κ1) is 9.97. The lowest BCUT2D eigenvalue weighted by Gasteiger charge is -2.24. The molecule has 0 bridgehead atoms. The first-order chi connectivity index (χ1) is 6.58. The molecule has 1 N–H and O–H groups in total. The molecule has 4 atom stereocenters. The van der Waals surface area contributed by atoms with Gasteiger partial charge in [0.15, 0.2) is 0 Å². The summed E-state index contributed by atoms with van der Waals surface area (Å²) in [5, 5.41) is 3.09. The lowest BCUT2D eigenvalue weighted by molar-refractivity contribution is -0.119. The van der Waals surface area contributed by atoms with Crippen molar-refractivity contribution in [2.45, 2.75) is 25.8 Å². The van der Waals surface area contributed by atoms with E-state index in [9.17, 15) is 4.79 Å². The van der Waals surface area contributed by atoms with Crippen LogP contribution in [0.4, 0.5) is 0 Å². The number of carbonyl (C=O) groups is 1. The van der Waals surface area contributed by atoms with Crippen molar-refractivity contribution >= 4 is 5.91 Å².